The molecule has 1 atom stereocenters. The van der Waals surface area contributed by atoms with E-state index >= 15 is 0 Å². The van der Waals surface area contributed by atoms with Crippen LogP contribution in [0, 0.1) is 5.92 Å². The van der Waals surface area contributed by atoms with Crippen molar-refractivity contribution in [1.29, 1.82) is 0 Å². The van der Waals surface area contributed by atoms with Crippen molar-refractivity contribution in [1.82, 2.24) is 19.8 Å². The quantitative estimate of drug-likeness (QED) is 0.799. The highest BCUT2D eigenvalue weighted by atomic mass is 16.5. The van der Waals surface area contributed by atoms with Crippen molar-refractivity contribution in [3.05, 3.63) is 60.2 Å². The molecule has 0 amide bonds. The van der Waals surface area contributed by atoms with Gasteiger partial charge >= 0.3 is 0 Å². The van der Waals surface area contributed by atoms with Crippen LogP contribution in [0.2, 0.25) is 0 Å². The van der Waals surface area contributed by atoms with Crippen LogP contribution >= 0.6 is 0 Å². The molecular weight excluding hydrogens is 324 g/mol. The average molecular weight is 352 g/mol. The number of likely N-dealkylation sites (tertiary alicyclic amines) is 2. The molecule has 2 saturated heterocycles. The van der Waals surface area contributed by atoms with Gasteiger partial charge in [0.1, 0.15) is 0 Å². The van der Waals surface area contributed by atoms with Crippen molar-refractivity contribution in [2.75, 3.05) is 33.3 Å². The molecule has 26 heavy (non-hydrogen) atoms. The van der Waals surface area contributed by atoms with Crippen LogP contribution in [-0.2, 0) is 17.9 Å². The van der Waals surface area contributed by atoms with E-state index in [1.54, 1.807) is 0 Å². The molecule has 0 saturated carbocycles. The van der Waals surface area contributed by atoms with Crippen molar-refractivity contribution >= 4 is 0 Å². The van der Waals surface area contributed by atoms with Crippen LogP contribution < -0.4 is 0 Å². The van der Waals surface area contributed by atoms with Gasteiger partial charge in [0.05, 0.1) is 18.9 Å². The summed E-state index contributed by atoms with van der Waals surface area (Å²) in [6.45, 7) is 5.97. The third-order valence-electron chi connectivity index (χ3n) is 5.87. The van der Waals surface area contributed by atoms with E-state index in [2.05, 4.69) is 38.9 Å². The van der Waals surface area contributed by atoms with Gasteiger partial charge in [-0.1, -0.05) is 6.07 Å². The van der Waals surface area contributed by atoms with E-state index in [0.717, 1.165) is 31.9 Å². The van der Waals surface area contributed by atoms with Gasteiger partial charge in [0, 0.05) is 43.8 Å². The highest BCUT2D eigenvalue weighted by Crippen LogP contribution is 2.38. The second-order valence-corrected chi connectivity index (χ2v) is 7.84. The Morgan fingerprint density at radius 3 is 2.77 bits per heavy atom. The molecule has 0 aliphatic carbocycles. The molecule has 2 aliphatic rings. The standard InChI is InChI=1S/C21H28N4O/c1-24-11-7-19(14-26-15-20-4-2-3-8-23-20)12-21(24)16-25(17-21)13-18-5-9-22-10-6-18/h2-6,8-10,19H,7,11-17H2,1H3/t19-/m0/s1. The summed E-state index contributed by atoms with van der Waals surface area (Å²) in [5.74, 6) is 0.651. The van der Waals surface area contributed by atoms with Crippen LogP contribution in [0.3, 0.4) is 0 Å². The molecule has 5 nitrogen and oxygen atoms in total. The van der Waals surface area contributed by atoms with Gasteiger partial charge in [-0.05, 0) is 62.2 Å². The van der Waals surface area contributed by atoms with E-state index in [-0.39, 0.29) is 0 Å². The Morgan fingerprint density at radius 2 is 2.00 bits per heavy atom. The number of aromatic nitrogens is 2. The molecule has 0 N–H and O–H groups in total. The Kier molecular flexibility index (Phi) is 5.29. The van der Waals surface area contributed by atoms with E-state index in [4.69, 9.17) is 4.74 Å². The molecule has 0 aromatic carbocycles. The monoisotopic (exact) mass is 352 g/mol. The third kappa shape index (κ3) is 3.95. The van der Waals surface area contributed by atoms with Crippen LogP contribution in [0.25, 0.3) is 0 Å². The lowest BCUT2D eigenvalue weighted by molar-refractivity contribution is -0.0936. The largest absolute Gasteiger partial charge is 0.375 e. The fourth-order valence-corrected chi connectivity index (χ4v) is 4.38. The summed E-state index contributed by atoms with van der Waals surface area (Å²) in [7, 11) is 2.29. The Balaban J connectivity index is 1.26. The molecule has 2 aliphatic heterocycles. The molecule has 1 spiro atoms. The summed E-state index contributed by atoms with van der Waals surface area (Å²) in [5.41, 5.74) is 2.70. The second kappa shape index (κ2) is 7.82. The van der Waals surface area contributed by atoms with E-state index < -0.39 is 0 Å². The molecule has 2 aromatic rings. The fourth-order valence-electron chi connectivity index (χ4n) is 4.38. The maximum Gasteiger partial charge on any atom is 0.0887 e. The Labute approximate surface area is 156 Å². The summed E-state index contributed by atoms with van der Waals surface area (Å²) < 4.78 is 5.98. The lowest BCUT2D eigenvalue weighted by Crippen LogP contribution is -2.71. The molecule has 0 unspecified atom stereocenters. The van der Waals surface area contributed by atoms with Crippen LogP contribution in [0.5, 0.6) is 0 Å². The van der Waals surface area contributed by atoms with E-state index in [0.29, 0.717) is 18.1 Å². The topological polar surface area (TPSA) is 41.5 Å². The first kappa shape index (κ1) is 17.6. The van der Waals surface area contributed by atoms with Gasteiger partial charge in [-0.2, -0.15) is 0 Å². The van der Waals surface area contributed by atoms with Crippen LogP contribution in [0.15, 0.2) is 48.9 Å². The van der Waals surface area contributed by atoms with Gasteiger partial charge < -0.3 is 4.74 Å². The minimum Gasteiger partial charge on any atom is -0.375 e. The van der Waals surface area contributed by atoms with Crippen LogP contribution in [0.1, 0.15) is 24.1 Å². The Bertz CT molecular complexity index is 688. The predicted molar refractivity (Wildman–Crippen MR) is 101 cm³/mol. The lowest BCUT2D eigenvalue weighted by Gasteiger charge is -2.58. The third-order valence-corrected chi connectivity index (χ3v) is 5.87. The summed E-state index contributed by atoms with van der Waals surface area (Å²) in [5, 5.41) is 0. The zero-order valence-corrected chi connectivity index (χ0v) is 15.6. The van der Waals surface area contributed by atoms with Gasteiger partial charge in [0.15, 0.2) is 0 Å². The number of hydrogen-bond acceptors (Lipinski definition) is 5. The lowest BCUT2D eigenvalue weighted by atomic mass is 9.75. The maximum absolute atomic E-state index is 5.98. The van der Waals surface area contributed by atoms with E-state index in [1.165, 1.54) is 24.9 Å². The first-order valence-electron chi connectivity index (χ1n) is 9.54. The zero-order valence-electron chi connectivity index (χ0n) is 15.6. The second-order valence-electron chi connectivity index (χ2n) is 7.84. The van der Waals surface area contributed by atoms with Crippen molar-refractivity contribution in [3.63, 3.8) is 0 Å². The highest BCUT2D eigenvalue weighted by Gasteiger charge is 2.49. The minimum atomic E-state index is 0.338. The van der Waals surface area contributed by atoms with Crippen molar-refractivity contribution in [2.24, 2.45) is 5.92 Å². The zero-order chi connectivity index (χ0) is 17.8. The molecule has 4 rings (SSSR count). The molecule has 2 aromatic heterocycles. The van der Waals surface area contributed by atoms with Gasteiger partial charge in [-0.25, -0.2) is 0 Å². The molecule has 138 valence electrons. The number of hydrogen-bond donors (Lipinski definition) is 0. The maximum atomic E-state index is 5.98. The van der Waals surface area contributed by atoms with Crippen LogP contribution in [-0.4, -0.2) is 58.6 Å². The minimum absolute atomic E-state index is 0.338. The predicted octanol–water partition coefficient (Wildman–Crippen LogP) is 2.59. The smallest absolute Gasteiger partial charge is 0.0887 e. The molecule has 4 heterocycles. The molecule has 0 radical (unpaired) electrons. The first-order valence-corrected chi connectivity index (χ1v) is 9.54. The Hall–Kier alpha value is -1.82. The van der Waals surface area contributed by atoms with Crippen molar-refractivity contribution in [2.45, 2.75) is 31.5 Å². The summed E-state index contributed by atoms with van der Waals surface area (Å²) >= 11 is 0. The molecule has 5 heteroatoms. The fraction of sp³-hybridized carbons (Fsp3) is 0.524. The SMILES string of the molecule is CN1CC[C@H](COCc2ccccn2)CC12CN(Cc1ccncc1)C2. The molecule has 2 fully saturated rings. The molecule has 0 bridgehead atoms. The normalized spacial score (nSPS) is 23.0. The van der Waals surface area contributed by atoms with Crippen molar-refractivity contribution < 1.29 is 4.74 Å². The summed E-state index contributed by atoms with van der Waals surface area (Å²) in [6, 6.07) is 10.2. The van der Waals surface area contributed by atoms with Gasteiger partial charge in [0.2, 0.25) is 0 Å². The Morgan fingerprint density at radius 1 is 1.15 bits per heavy atom. The van der Waals surface area contributed by atoms with Gasteiger partial charge in [0.25, 0.3) is 0 Å². The summed E-state index contributed by atoms with van der Waals surface area (Å²) in [4.78, 5) is 13.6. The first-order chi connectivity index (χ1) is 12.7. The average Bonchev–Trinajstić information content (AvgIpc) is 2.65. The number of likely N-dealkylation sites (N-methyl/N-ethyl adjacent to an activating group) is 1. The van der Waals surface area contributed by atoms with Gasteiger partial charge in [-0.15, -0.1) is 0 Å². The number of piperidine rings is 1. The summed E-state index contributed by atoms with van der Waals surface area (Å²) in [6.07, 6.45) is 8.05. The van der Waals surface area contributed by atoms with Crippen molar-refractivity contribution in [3.8, 4) is 0 Å². The number of nitrogens with zero attached hydrogens (tertiary/aromatic N) is 4. The molecular formula is C21H28N4O. The number of rotatable bonds is 6. The number of ether oxygens (including phenoxy) is 1. The van der Waals surface area contributed by atoms with Crippen LogP contribution in [0.4, 0.5) is 0 Å². The number of pyridine rings is 2. The highest BCUT2D eigenvalue weighted by molar-refractivity contribution is 5.13. The van der Waals surface area contributed by atoms with E-state index in [1.807, 2.05) is 36.8 Å². The van der Waals surface area contributed by atoms with Gasteiger partial charge in [-0.3, -0.25) is 19.8 Å². The van der Waals surface area contributed by atoms with E-state index in [9.17, 15) is 0 Å².